The third-order valence-corrected chi connectivity index (χ3v) is 6.39. The van der Waals surface area contributed by atoms with Gasteiger partial charge in [-0.25, -0.2) is 13.6 Å². The minimum absolute atomic E-state index is 0.0245. The number of hydrogen-bond donors (Lipinski definition) is 0. The van der Waals surface area contributed by atoms with Crippen LogP contribution in [0.25, 0.3) is 0 Å². The van der Waals surface area contributed by atoms with Crippen molar-refractivity contribution in [2.24, 2.45) is 11.8 Å². The van der Waals surface area contributed by atoms with Crippen molar-refractivity contribution in [3.05, 3.63) is 71.3 Å². The molecule has 2 aromatic carbocycles. The first-order valence-electron chi connectivity index (χ1n) is 10.5. The molecule has 0 N–H and O–H groups in total. The van der Waals surface area contributed by atoms with Crippen molar-refractivity contribution >= 4 is 17.9 Å². The van der Waals surface area contributed by atoms with Gasteiger partial charge in [-0.05, 0) is 24.6 Å². The van der Waals surface area contributed by atoms with Gasteiger partial charge < -0.3 is 9.64 Å². The summed E-state index contributed by atoms with van der Waals surface area (Å²) in [5, 5.41) is 0. The van der Waals surface area contributed by atoms with Crippen LogP contribution in [0.2, 0.25) is 0 Å². The quantitative estimate of drug-likeness (QED) is 0.666. The largest absolute Gasteiger partial charge is 0.445 e. The maximum absolute atomic E-state index is 15.2. The number of rotatable bonds is 4. The van der Waals surface area contributed by atoms with Crippen LogP contribution in [-0.2, 0) is 11.3 Å². The fourth-order valence-electron chi connectivity index (χ4n) is 4.41. The molecule has 1 saturated heterocycles. The number of likely N-dealkylation sites (tertiary alicyclic amines) is 1. The second kappa shape index (κ2) is 8.33. The van der Waals surface area contributed by atoms with E-state index in [9.17, 15) is 14.4 Å². The summed E-state index contributed by atoms with van der Waals surface area (Å²) in [5.74, 6) is -6.94. The third-order valence-electron chi connectivity index (χ3n) is 6.39. The maximum Gasteiger partial charge on any atom is 0.410 e. The Labute approximate surface area is 184 Å². The Balaban J connectivity index is 1.52. The molecule has 0 radical (unpaired) electrons. The molecule has 32 heavy (non-hydrogen) atoms. The number of carbonyl (C=O) groups is 3. The first kappa shape index (κ1) is 21.9. The van der Waals surface area contributed by atoms with Crippen LogP contribution in [0.5, 0.6) is 0 Å². The molecule has 0 aliphatic carbocycles. The molecule has 0 bridgehead atoms. The fourth-order valence-corrected chi connectivity index (χ4v) is 4.41. The summed E-state index contributed by atoms with van der Waals surface area (Å²) in [4.78, 5) is 40.3. The van der Waals surface area contributed by atoms with Gasteiger partial charge in [0.15, 0.2) is 0 Å². The van der Waals surface area contributed by atoms with Gasteiger partial charge in [-0.2, -0.15) is 0 Å². The van der Waals surface area contributed by atoms with Crippen molar-refractivity contribution in [1.29, 1.82) is 0 Å². The summed E-state index contributed by atoms with van der Waals surface area (Å²) in [5.41, 5.74) is 1.19. The minimum Gasteiger partial charge on any atom is -0.445 e. The molecule has 2 aliphatic rings. The molecule has 3 amide bonds. The minimum atomic E-state index is -3.18. The number of imide groups is 1. The lowest BCUT2D eigenvalue weighted by Gasteiger charge is -2.47. The smallest absolute Gasteiger partial charge is 0.410 e. The van der Waals surface area contributed by atoms with Crippen molar-refractivity contribution in [3.63, 3.8) is 0 Å². The summed E-state index contributed by atoms with van der Waals surface area (Å²) in [6.45, 7) is 2.23. The standard InChI is InChI=1S/C24H24F2N2O4/c1-15-12-27(23(31)32-14-17-8-4-3-5-9-17)16(2)20(24(15,25)26)13-28-21(29)18-10-6-7-11-19(18)22(28)30/h3-11,15-16,20H,12-14H2,1-2H3. The number of ether oxygens (including phenoxy) is 1. The maximum atomic E-state index is 15.2. The van der Waals surface area contributed by atoms with Crippen LogP contribution in [0.15, 0.2) is 54.6 Å². The van der Waals surface area contributed by atoms with Crippen molar-refractivity contribution in [2.75, 3.05) is 13.1 Å². The monoisotopic (exact) mass is 442 g/mol. The summed E-state index contributed by atoms with van der Waals surface area (Å²) in [6.07, 6.45) is -0.698. The van der Waals surface area contributed by atoms with Crippen molar-refractivity contribution in [3.8, 4) is 0 Å². The predicted octanol–water partition coefficient (Wildman–Crippen LogP) is 4.21. The molecule has 3 unspecified atom stereocenters. The number of hydrogen-bond acceptors (Lipinski definition) is 4. The van der Waals surface area contributed by atoms with Crippen LogP contribution in [0, 0.1) is 11.8 Å². The number of fused-ring (bicyclic) bond motifs is 1. The molecule has 0 spiro atoms. The van der Waals surface area contributed by atoms with E-state index >= 15 is 8.78 Å². The Morgan fingerprint density at radius 2 is 1.56 bits per heavy atom. The Kier molecular flexibility index (Phi) is 5.71. The number of halogens is 2. The Morgan fingerprint density at radius 1 is 1.00 bits per heavy atom. The Hall–Kier alpha value is -3.29. The second-order valence-corrected chi connectivity index (χ2v) is 8.38. The topological polar surface area (TPSA) is 66.9 Å². The van der Waals surface area contributed by atoms with Crippen molar-refractivity contribution < 1.29 is 27.9 Å². The lowest BCUT2D eigenvalue weighted by molar-refractivity contribution is -0.161. The number of amides is 3. The van der Waals surface area contributed by atoms with E-state index in [4.69, 9.17) is 4.74 Å². The zero-order chi connectivity index (χ0) is 23.0. The fraction of sp³-hybridized carbons (Fsp3) is 0.375. The molecule has 168 valence electrons. The van der Waals surface area contributed by atoms with Crippen LogP contribution in [0.1, 0.15) is 40.1 Å². The van der Waals surface area contributed by atoms with Crippen LogP contribution in [0.4, 0.5) is 13.6 Å². The SMILES string of the molecule is CC1C(CN2C(=O)c3ccccc3C2=O)C(F)(F)C(C)CN1C(=O)OCc1ccccc1. The highest BCUT2D eigenvalue weighted by Crippen LogP contribution is 2.42. The van der Waals surface area contributed by atoms with E-state index in [1.807, 2.05) is 18.2 Å². The third kappa shape index (κ3) is 3.74. The molecule has 1 fully saturated rings. The van der Waals surface area contributed by atoms with Gasteiger partial charge in [-0.15, -0.1) is 0 Å². The highest BCUT2D eigenvalue weighted by atomic mass is 19.3. The number of carbonyl (C=O) groups excluding carboxylic acids is 3. The Morgan fingerprint density at radius 3 is 2.16 bits per heavy atom. The van der Waals surface area contributed by atoms with Gasteiger partial charge in [0.25, 0.3) is 17.7 Å². The second-order valence-electron chi connectivity index (χ2n) is 8.38. The van der Waals surface area contributed by atoms with Gasteiger partial charge in [0.05, 0.1) is 17.0 Å². The molecule has 8 heteroatoms. The van der Waals surface area contributed by atoms with Crippen LogP contribution >= 0.6 is 0 Å². The molecule has 0 saturated carbocycles. The lowest BCUT2D eigenvalue weighted by Crippen LogP contribution is -2.62. The van der Waals surface area contributed by atoms with E-state index < -0.39 is 48.3 Å². The number of alkyl halides is 2. The highest BCUT2D eigenvalue weighted by Gasteiger charge is 2.56. The van der Waals surface area contributed by atoms with Crippen LogP contribution in [0.3, 0.4) is 0 Å². The highest BCUT2D eigenvalue weighted by molar-refractivity contribution is 6.21. The first-order chi connectivity index (χ1) is 15.2. The van der Waals surface area contributed by atoms with Gasteiger partial charge in [-0.1, -0.05) is 49.4 Å². The van der Waals surface area contributed by atoms with E-state index in [1.54, 1.807) is 24.3 Å². The van der Waals surface area contributed by atoms with E-state index in [1.165, 1.54) is 30.9 Å². The Bertz CT molecular complexity index is 1010. The zero-order valence-corrected chi connectivity index (χ0v) is 17.8. The van der Waals surface area contributed by atoms with Crippen LogP contribution < -0.4 is 0 Å². The van der Waals surface area contributed by atoms with Crippen LogP contribution in [-0.4, -0.2) is 52.8 Å². The van der Waals surface area contributed by atoms with Gasteiger partial charge in [0, 0.05) is 25.0 Å². The van der Waals surface area contributed by atoms with E-state index in [-0.39, 0.29) is 24.3 Å². The molecule has 0 aromatic heterocycles. The summed E-state index contributed by atoms with van der Waals surface area (Å²) in [6, 6.07) is 14.4. The van der Waals surface area contributed by atoms with Gasteiger partial charge >= 0.3 is 6.09 Å². The molecule has 2 aliphatic heterocycles. The molecular weight excluding hydrogens is 418 g/mol. The first-order valence-corrected chi connectivity index (χ1v) is 10.5. The molecule has 2 heterocycles. The average Bonchev–Trinajstić information content (AvgIpc) is 3.03. The summed E-state index contributed by atoms with van der Waals surface area (Å²) >= 11 is 0. The summed E-state index contributed by atoms with van der Waals surface area (Å²) in [7, 11) is 0. The predicted molar refractivity (Wildman–Crippen MR) is 112 cm³/mol. The van der Waals surface area contributed by atoms with Gasteiger partial charge in [0.1, 0.15) is 6.61 Å². The molecule has 2 aromatic rings. The molecular formula is C24H24F2N2O4. The lowest BCUT2D eigenvalue weighted by atomic mass is 9.80. The molecule has 6 nitrogen and oxygen atoms in total. The van der Waals surface area contributed by atoms with E-state index in [2.05, 4.69) is 0 Å². The molecule has 4 rings (SSSR count). The average molecular weight is 442 g/mol. The summed E-state index contributed by atoms with van der Waals surface area (Å²) < 4.78 is 35.8. The van der Waals surface area contributed by atoms with E-state index in [0.717, 1.165) is 10.5 Å². The number of piperidine rings is 1. The molecule has 3 atom stereocenters. The van der Waals surface area contributed by atoms with Gasteiger partial charge in [0.2, 0.25) is 0 Å². The zero-order valence-electron chi connectivity index (χ0n) is 17.8. The van der Waals surface area contributed by atoms with Crippen molar-refractivity contribution in [1.82, 2.24) is 9.80 Å². The number of nitrogens with zero attached hydrogens (tertiary/aromatic N) is 2. The van der Waals surface area contributed by atoms with Crippen molar-refractivity contribution in [2.45, 2.75) is 32.4 Å². The van der Waals surface area contributed by atoms with E-state index in [0.29, 0.717) is 0 Å². The van der Waals surface area contributed by atoms with Gasteiger partial charge in [-0.3, -0.25) is 14.5 Å². The normalized spacial score (nSPS) is 24.4. The number of benzene rings is 2.